The Morgan fingerprint density at radius 2 is 2.13 bits per heavy atom. The Hall–Kier alpha value is -1.72. The molecule has 1 aromatic heterocycles. The summed E-state index contributed by atoms with van der Waals surface area (Å²) in [6.07, 6.45) is 1.52. The summed E-state index contributed by atoms with van der Waals surface area (Å²) in [6.45, 7) is 3.29. The number of carboxylic acid groups (broad SMARTS) is 1. The number of carbonyl (C=O) groups is 1. The number of rotatable bonds is 4. The maximum absolute atomic E-state index is 14.4. The lowest BCUT2D eigenvalue weighted by atomic mass is 9.94. The van der Waals surface area contributed by atoms with Crippen LogP contribution in [0.25, 0.3) is 0 Å². The second-order valence-corrected chi connectivity index (χ2v) is 7.36. The minimum Gasteiger partial charge on any atom is -0.481 e. The van der Waals surface area contributed by atoms with Crippen LogP contribution in [0.1, 0.15) is 34.2 Å². The molecular weight excluding hydrogens is 313 g/mol. The van der Waals surface area contributed by atoms with Gasteiger partial charge in [0.1, 0.15) is 5.82 Å². The normalized spacial score (nSPS) is 20.3. The average Bonchev–Trinajstić information content (AvgIpc) is 2.96. The number of carboxylic acids is 1. The molecule has 1 N–H and O–H groups in total. The van der Waals surface area contributed by atoms with E-state index in [4.69, 9.17) is 0 Å². The van der Waals surface area contributed by atoms with Gasteiger partial charge >= 0.3 is 5.97 Å². The molecule has 3 rings (SSSR count). The first-order chi connectivity index (χ1) is 11.1. The van der Waals surface area contributed by atoms with Crippen LogP contribution in [0, 0.1) is 18.7 Å². The Labute approximate surface area is 139 Å². The topological polar surface area (TPSA) is 40.5 Å². The van der Waals surface area contributed by atoms with Crippen LogP contribution >= 0.6 is 11.3 Å². The molecule has 5 heteroatoms. The Morgan fingerprint density at radius 3 is 2.78 bits per heavy atom. The van der Waals surface area contributed by atoms with Crippen LogP contribution < -0.4 is 0 Å². The first-order valence-electron chi connectivity index (χ1n) is 7.84. The summed E-state index contributed by atoms with van der Waals surface area (Å²) in [4.78, 5) is 15.7. The van der Waals surface area contributed by atoms with Crippen LogP contribution in [0.2, 0.25) is 0 Å². The van der Waals surface area contributed by atoms with Gasteiger partial charge in [-0.25, -0.2) is 4.39 Å². The maximum atomic E-state index is 14.4. The van der Waals surface area contributed by atoms with E-state index >= 15 is 0 Å². The van der Waals surface area contributed by atoms with Crippen molar-refractivity contribution >= 4 is 17.3 Å². The van der Waals surface area contributed by atoms with Crippen molar-refractivity contribution in [2.45, 2.75) is 25.8 Å². The number of piperidine rings is 1. The zero-order valence-electron chi connectivity index (χ0n) is 13.0. The van der Waals surface area contributed by atoms with Crippen LogP contribution in [0.3, 0.4) is 0 Å². The maximum Gasteiger partial charge on any atom is 0.307 e. The van der Waals surface area contributed by atoms with Gasteiger partial charge in [0.25, 0.3) is 0 Å². The number of aliphatic carboxylic acids is 1. The number of halogens is 1. The van der Waals surface area contributed by atoms with E-state index in [1.165, 1.54) is 10.9 Å². The highest BCUT2D eigenvalue weighted by Gasteiger charge is 2.32. The lowest BCUT2D eigenvalue weighted by Gasteiger charge is -2.37. The highest BCUT2D eigenvalue weighted by atomic mass is 32.1. The average molecular weight is 333 g/mol. The molecule has 0 amide bonds. The van der Waals surface area contributed by atoms with Crippen molar-refractivity contribution in [3.8, 4) is 0 Å². The van der Waals surface area contributed by atoms with Crippen molar-refractivity contribution in [1.82, 2.24) is 4.90 Å². The molecule has 2 heterocycles. The molecule has 1 aromatic carbocycles. The number of hydrogen-bond acceptors (Lipinski definition) is 3. The van der Waals surface area contributed by atoms with Gasteiger partial charge in [0, 0.05) is 21.9 Å². The molecule has 0 aliphatic carbocycles. The minimum atomic E-state index is -0.760. The molecule has 23 heavy (non-hydrogen) atoms. The van der Waals surface area contributed by atoms with E-state index in [2.05, 4.69) is 4.90 Å². The number of aryl methyl sites for hydroxylation is 1. The van der Waals surface area contributed by atoms with Crippen LogP contribution in [0.4, 0.5) is 4.39 Å². The van der Waals surface area contributed by atoms with Gasteiger partial charge in [-0.05, 0) is 44.5 Å². The van der Waals surface area contributed by atoms with E-state index in [1.54, 1.807) is 23.5 Å². The molecule has 1 aliphatic heterocycles. The van der Waals surface area contributed by atoms with E-state index in [-0.39, 0.29) is 17.8 Å². The third kappa shape index (κ3) is 3.46. The summed E-state index contributed by atoms with van der Waals surface area (Å²) in [7, 11) is 0. The van der Waals surface area contributed by atoms with E-state index in [9.17, 15) is 14.3 Å². The van der Waals surface area contributed by atoms with Crippen LogP contribution in [0.15, 0.2) is 36.4 Å². The van der Waals surface area contributed by atoms with Gasteiger partial charge in [-0.2, -0.15) is 0 Å². The summed E-state index contributed by atoms with van der Waals surface area (Å²) in [5, 5.41) is 9.34. The quantitative estimate of drug-likeness (QED) is 0.916. The molecule has 2 unspecified atom stereocenters. The van der Waals surface area contributed by atoms with Gasteiger partial charge in [0.15, 0.2) is 0 Å². The zero-order valence-corrected chi connectivity index (χ0v) is 13.9. The summed E-state index contributed by atoms with van der Waals surface area (Å²) < 4.78 is 14.4. The Morgan fingerprint density at radius 1 is 1.35 bits per heavy atom. The molecule has 2 atom stereocenters. The largest absolute Gasteiger partial charge is 0.481 e. The standard InChI is InChI=1S/C18H20FNO2S/c1-12-8-9-16(23-12)17(14-6-2-3-7-15(14)19)20-10-4-5-13(11-20)18(21)22/h2-3,6-9,13,17H,4-5,10-11H2,1H3,(H,21,22). The monoisotopic (exact) mass is 333 g/mol. The van der Waals surface area contributed by atoms with Crippen molar-refractivity contribution in [2.75, 3.05) is 13.1 Å². The van der Waals surface area contributed by atoms with Gasteiger partial charge in [-0.15, -0.1) is 11.3 Å². The molecule has 0 radical (unpaired) electrons. The SMILES string of the molecule is Cc1ccc(C(c2ccccc2F)N2CCCC(C(=O)O)C2)s1. The Balaban J connectivity index is 1.98. The molecule has 0 bridgehead atoms. The minimum absolute atomic E-state index is 0.211. The lowest BCUT2D eigenvalue weighted by Crippen LogP contribution is -2.41. The molecular formula is C18H20FNO2S. The van der Waals surface area contributed by atoms with E-state index in [1.807, 2.05) is 25.1 Å². The first kappa shape index (κ1) is 16.1. The predicted octanol–water partition coefficient (Wildman–Crippen LogP) is 4.08. The van der Waals surface area contributed by atoms with Gasteiger partial charge < -0.3 is 5.11 Å². The van der Waals surface area contributed by atoms with Crippen LogP contribution in [-0.2, 0) is 4.79 Å². The second-order valence-electron chi connectivity index (χ2n) is 6.04. The van der Waals surface area contributed by atoms with Crippen LogP contribution in [-0.4, -0.2) is 29.1 Å². The summed E-state index contributed by atoms with van der Waals surface area (Å²) in [5.41, 5.74) is 0.625. The third-order valence-corrected chi connectivity index (χ3v) is 5.45. The van der Waals surface area contributed by atoms with Crippen LogP contribution in [0.5, 0.6) is 0 Å². The van der Waals surface area contributed by atoms with E-state index in [0.717, 1.165) is 17.8 Å². The van der Waals surface area contributed by atoms with E-state index in [0.29, 0.717) is 18.5 Å². The number of nitrogens with zero attached hydrogens (tertiary/aromatic N) is 1. The van der Waals surface area contributed by atoms with Crippen molar-refractivity contribution in [2.24, 2.45) is 5.92 Å². The second kappa shape index (κ2) is 6.81. The molecule has 1 fully saturated rings. The zero-order chi connectivity index (χ0) is 16.4. The molecule has 0 spiro atoms. The molecule has 0 saturated carbocycles. The summed E-state index contributed by atoms with van der Waals surface area (Å²) in [6, 6.07) is 10.7. The number of hydrogen-bond donors (Lipinski definition) is 1. The third-order valence-electron chi connectivity index (χ3n) is 4.40. The highest BCUT2D eigenvalue weighted by molar-refractivity contribution is 7.12. The molecule has 1 aliphatic rings. The number of benzene rings is 1. The van der Waals surface area contributed by atoms with Gasteiger partial charge in [-0.1, -0.05) is 18.2 Å². The van der Waals surface area contributed by atoms with Crippen molar-refractivity contribution < 1.29 is 14.3 Å². The van der Waals surface area contributed by atoms with Crippen molar-refractivity contribution in [1.29, 1.82) is 0 Å². The van der Waals surface area contributed by atoms with Gasteiger partial charge in [0.2, 0.25) is 0 Å². The predicted molar refractivity (Wildman–Crippen MR) is 89.2 cm³/mol. The van der Waals surface area contributed by atoms with Gasteiger partial charge in [0.05, 0.1) is 12.0 Å². The summed E-state index contributed by atoms with van der Waals surface area (Å²) >= 11 is 1.65. The fraction of sp³-hybridized carbons (Fsp3) is 0.389. The molecule has 2 aromatic rings. The van der Waals surface area contributed by atoms with E-state index < -0.39 is 5.97 Å². The first-order valence-corrected chi connectivity index (χ1v) is 8.65. The number of likely N-dealkylation sites (tertiary alicyclic amines) is 1. The summed E-state index contributed by atoms with van der Waals surface area (Å²) in [5.74, 6) is -1.37. The smallest absolute Gasteiger partial charge is 0.307 e. The molecule has 3 nitrogen and oxygen atoms in total. The Bertz CT molecular complexity index is 700. The lowest BCUT2D eigenvalue weighted by molar-refractivity contribution is -0.143. The molecule has 122 valence electrons. The van der Waals surface area contributed by atoms with Crippen molar-refractivity contribution in [3.05, 3.63) is 57.5 Å². The number of thiophene rings is 1. The fourth-order valence-electron chi connectivity index (χ4n) is 3.27. The Kier molecular flexibility index (Phi) is 4.78. The highest BCUT2D eigenvalue weighted by Crippen LogP contribution is 2.37. The van der Waals surface area contributed by atoms with Gasteiger partial charge in [-0.3, -0.25) is 9.69 Å². The fourth-order valence-corrected chi connectivity index (χ4v) is 4.30. The van der Waals surface area contributed by atoms with Crippen molar-refractivity contribution in [3.63, 3.8) is 0 Å². The molecule has 1 saturated heterocycles.